The highest BCUT2D eigenvalue weighted by Crippen LogP contribution is 2.28. The second-order valence-corrected chi connectivity index (χ2v) is 7.18. The number of anilines is 1. The van der Waals surface area contributed by atoms with E-state index in [0.717, 1.165) is 28.1 Å². The number of amides is 1. The molecule has 7 heteroatoms. The Hall–Kier alpha value is -3.74. The summed E-state index contributed by atoms with van der Waals surface area (Å²) in [6.45, 7) is 5.67. The largest absolute Gasteiger partial charge is 0.416 e. The molecule has 6 nitrogen and oxygen atoms in total. The van der Waals surface area contributed by atoms with Crippen molar-refractivity contribution in [3.63, 3.8) is 0 Å². The van der Waals surface area contributed by atoms with Crippen LogP contribution in [-0.2, 0) is 11.3 Å². The van der Waals surface area contributed by atoms with Gasteiger partial charge in [-0.2, -0.15) is 0 Å². The molecule has 4 rings (SSSR count). The molecular weight excluding hydrogens is 383 g/mol. The van der Waals surface area contributed by atoms with E-state index < -0.39 is 5.82 Å². The summed E-state index contributed by atoms with van der Waals surface area (Å²) < 4.78 is 21.6. The number of carbonyl (C=O) groups is 1. The van der Waals surface area contributed by atoms with Gasteiger partial charge in [0.2, 0.25) is 17.7 Å². The number of hydrogen-bond donors (Lipinski definition) is 1. The average molecular weight is 404 g/mol. The first kappa shape index (κ1) is 19.6. The smallest absolute Gasteiger partial charge is 0.249 e. The quantitative estimate of drug-likeness (QED) is 0.513. The van der Waals surface area contributed by atoms with Crippen molar-refractivity contribution >= 4 is 11.6 Å². The Balaban J connectivity index is 1.56. The minimum absolute atomic E-state index is 0.0464. The Bertz CT molecular complexity index is 1210. The monoisotopic (exact) mass is 404 g/mol. The molecule has 0 saturated carbocycles. The summed E-state index contributed by atoms with van der Waals surface area (Å²) in [5, 5.41) is 10.9. The van der Waals surface area contributed by atoms with Crippen LogP contribution >= 0.6 is 0 Å². The van der Waals surface area contributed by atoms with Crippen LogP contribution in [0.25, 0.3) is 22.9 Å². The Kier molecular flexibility index (Phi) is 5.18. The molecule has 1 amide bonds. The summed E-state index contributed by atoms with van der Waals surface area (Å²) in [5.74, 6) is 0.0413. The van der Waals surface area contributed by atoms with Crippen molar-refractivity contribution in [2.75, 3.05) is 5.32 Å². The first-order valence-corrected chi connectivity index (χ1v) is 9.54. The second kappa shape index (κ2) is 7.94. The van der Waals surface area contributed by atoms with Gasteiger partial charge in [-0.15, -0.1) is 10.2 Å². The van der Waals surface area contributed by atoms with Crippen LogP contribution in [0.4, 0.5) is 10.1 Å². The van der Waals surface area contributed by atoms with E-state index in [2.05, 4.69) is 15.5 Å². The van der Waals surface area contributed by atoms with E-state index in [0.29, 0.717) is 11.8 Å². The van der Waals surface area contributed by atoms with Crippen molar-refractivity contribution in [2.45, 2.75) is 27.3 Å². The van der Waals surface area contributed by atoms with Gasteiger partial charge in [0.25, 0.3) is 0 Å². The van der Waals surface area contributed by atoms with E-state index in [-0.39, 0.29) is 18.1 Å². The lowest BCUT2D eigenvalue weighted by atomic mass is 10.2. The SMILES string of the molecule is Cc1ccc(F)c(NC(=O)Cn2c(C)cc(-c3nnc(-c4ccccc4)o3)c2C)c1. The summed E-state index contributed by atoms with van der Waals surface area (Å²) in [5.41, 5.74) is 4.32. The van der Waals surface area contributed by atoms with Gasteiger partial charge in [-0.05, 0) is 56.7 Å². The molecule has 0 fully saturated rings. The number of rotatable bonds is 5. The molecule has 1 N–H and O–H groups in total. The Morgan fingerprint density at radius 2 is 1.77 bits per heavy atom. The molecule has 0 radical (unpaired) electrons. The van der Waals surface area contributed by atoms with Crippen LogP contribution in [0.3, 0.4) is 0 Å². The summed E-state index contributed by atoms with van der Waals surface area (Å²) >= 11 is 0. The molecule has 2 heterocycles. The predicted octanol–water partition coefficient (Wildman–Crippen LogP) is 4.91. The van der Waals surface area contributed by atoms with Gasteiger partial charge < -0.3 is 14.3 Å². The maximum absolute atomic E-state index is 13.9. The molecule has 0 aliphatic carbocycles. The summed E-state index contributed by atoms with van der Waals surface area (Å²) in [4.78, 5) is 12.5. The van der Waals surface area contributed by atoms with Gasteiger partial charge in [0.05, 0.1) is 11.3 Å². The Morgan fingerprint density at radius 3 is 2.53 bits per heavy atom. The van der Waals surface area contributed by atoms with Crippen molar-refractivity contribution < 1.29 is 13.6 Å². The lowest BCUT2D eigenvalue weighted by molar-refractivity contribution is -0.116. The molecule has 2 aromatic heterocycles. The maximum atomic E-state index is 13.9. The normalized spacial score (nSPS) is 10.9. The van der Waals surface area contributed by atoms with Crippen LogP contribution in [0.1, 0.15) is 17.0 Å². The molecule has 0 spiro atoms. The van der Waals surface area contributed by atoms with Crippen LogP contribution < -0.4 is 5.32 Å². The van der Waals surface area contributed by atoms with Crippen LogP contribution in [0.15, 0.2) is 59.0 Å². The maximum Gasteiger partial charge on any atom is 0.249 e. The lowest BCUT2D eigenvalue weighted by Crippen LogP contribution is -2.20. The van der Waals surface area contributed by atoms with E-state index in [1.54, 1.807) is 12.1 Å². The fourth-order valence-electron chi connectivity index (χ4n) is 3.36. The molecule has 30 heavy (non-hydrogen) atoms. The number of hydrogen-bond acceptors (Lipinski definition) is 4. The van der Waals surface area contributed by atoms with Crippen molar-refractivity contribution in [3.8, 4) is 22.9 Å². The van der Waals surface area contributed by atoms with Crippen molar-refractivity contribution in [1.82, 2.24) is 14.8 Å². The summed E-state index contributed by atoms with van der Waals surface area (Å²) in [6, 6.07) is 16.0. The fourth-order valence-corrected chi connectivity index (χ4v) is 3.36. The molecule has 4 aromatic rings. The van der Waals surface area contributed by atoms with E-state index in [4.69, 9.17) is 4.42 Å². The first-order chi connectivity index (χ1) is 14.4. The third-order valence-electron chi connectivity index (χ3n) is 4.95. The minimum atomic E-state index is -0.463. The number of benzene rings is 2. The third kappa shape index (κ3) is 3.87. The molecule has 0 aliphatic rings. The van der Waals surface area contributed by atoms with Gasteiger partial charge in [-0.1, -0.05) is 24.3 Å². The van der Waals surface area contributed by atoms with E-state index in [1.807, 2.05) is 61.7 Å². The van der Waals surface area contributed by atoms with Gasteiger partial charge in [-0.3, -0.25) is 4.79 Å². The standard InChI is InChI=1S/C23H21FN4O2/c1-14-9-10-19(24)20(11-14)25-21(29)13-28-15(2)12-18(16(28)3)23-27-26-22(30-23)17-7-5-4-6-8-17/h4-12H,13H2,1-3H3,(H,25,29). The summed E-state index contributed by atoms with van der Waals surface area (Å²) in [7, 11) is 0. The second-order valence-electron chi connectivity index (χ2n) is 7.18. The number of aryl methyl sites for hydroxylation is 2. The average Bonchev–Trinajstić information content (AvgIpc) is 3.32. The predicted molar refractivity (Wildman–Crippen MR) is 112 cm³/mol. The highest BCUT2D eigenvalue weighted by Gasteiger charge is 2.19. The summed E-state index contributed by atoms with van der Waals surface area (Å²) in [6.07, 6.45) is 0. The molecule has 152 valence electrons. The highest BCUT2D eigenvalue weighted by molar-refractivity contribution is 5.91. The third-order valence-corrected chi connectivity index (χ3v) is 4.95. The number of aromatic nitrogens is 3. The zero-order valence-electron chi connectivity index (χ0n) is 16.9. The molecule has 0 atom stereocenters. The Labute approximate surface area is 173 Å². The fraction of sp³-hybridized carbons (Fsp3) is 0.174. The lowest BCUT2D eigenvalue weighted by Gasteiger charge is -2.11. The number of nitrogens with one attached hydrogen (secondary N) is 1. The number of carbonyl (C=O) groups excluding carboxylic acids is 1. The van der Waals surface area contributed by atoms with Gasteiger partial charge >= 0.3 is 0 Å². The first-order valence-electron chi connectivity index (χ1n) is 9.54. The molecule has 0 saturated heterocycles. The molecule has 0 bridgehead atoms. The van der Waals surface area contributed by atoms with Crippen molar-refractivity contribution in [1.29, 1.82) is 0 Å². The van der Waals surface area contributed by atoms with Crippen molar-refractivity contribution in [2.24, 2.45) is 0 Å². The zero-order chi connectivity index (χ0) is 21.3. The number of nitrogens with zero attached hydrogens (tertiary/aromatic N) is 3. The van der Waals surface area contributed by atoms with E-state index >= 15 is 0 Å². The van der Waals surface area contributed by atoms with Crippen LogP contribution in [0.2, 0.25) is 0 Å². The zero-order valence-corrected chi connectivity index (χ0v) is 16.9. The van der Waals surface area contributed by atoms with Gasteiger partial charge in [0.15, 0.2) is 0 Å². The molecule has 0 aliphatic heterocycles. The number of halogens is 1. The van der Waals surface area contributed by atoms with E-state index in [1.165, 1.54) is 6.07 Å². The van der Waals surface area contributed by atoms with Gasteiger partial charge in [0, 0.05) is 17.0 Å². The molecule has 2 aromatic carbocycles. The molecular formula is C23H21FN4O2. The van der Waals surface area contributed by atoms with Gasteiger partial charge in [0.1, 0.15) is 12.4 Å². The molecule has 0 unspecified atom stereocenters. The highest BCUT2D eigenvalue weighted by atomic mass is 19.1. The van der Waals surface area contributed by atoms with Crippen LogP contribution in [-0.4, -0.2) is 20.7 Å². The van der Waals surface area contributed by atoms with Crippen LogP contribution in [0.5, 0.6) is 0 Å². The topological polar surface area (TPSA) is 73.0 Å². The Morgan fingerprint density at radius 1 is 1.03 bits per heavy atom. The van der Waals surface area contributed by atoms with Crippen LogP contribution in [0, 0.1) is 26.6 Å². The van der Waals surface area contributed by atoms with Crippen molar-refractivity contribution in [3.05, 3.63) is 77.4 Å². The van der Waals surface area contributed by atoms with Gasteiger partial charge in [-0.25, -0.2) is 4.39 Å². The minimum Gasteiger partial charge on any atom is -0.416 e. The van der Waals surface area contributed by atoms with E-state index in [9.17, 15) is 9.18 Å².